The Kier molecular flexibility index (Phi) is 4.90. The zero-order valence-electron chi connectivity index (χ0n) is 13.5. The molecule has 4 nitrogen and oxygen atoms in total. The number of ether oxygens (including phenoxy) is 1. The van der Waals surface area contributed by atoms with Crippen LogP contribution < -0.4 is 5.32 Å². The molecule has 0 unspecified atom stereocenters. The third-order valence-electron chi connectivity index (χ3n) is 4.44. The van der Waals surface area contributed by atoms with Crippen molar-refractivity contribution in [2.24, 2.45) is 0 Å². The second-order valence-corrected chi connectivity index (χ2v) is 6.55. The van der Waals surface area contributed by atoms with Gasteiger partial charge in [0.2, 0.25) is 0 Å². The van der Waals surface area contributed by atoms with Gasteiger partial charge in [-0.2, -0.15) is 0 Å². The first-order chi connectivity index (χ1) is 11.5. The summed E-state index contributed by atoms with van der Waals surface area (Å²) in [6.07, 6.45) is 0.592. The van der Waals surface area contributed by atoms with E-state index in [0.29, 0.717) is 18.1 Å². The molecule has 1 fully saturated rings. The fourth-order valence-electron chi connectivity index (χ4n) is 2.86. The van der Waals surface area contributed by atoms with Gasteiger partial charge in [0, 0.05) is 5.02 Å². The van der Waals surface area contributed by atoms with E-state index < -0.39 is 5.60 Å². The molecule has 2 N–H and O–H groups in total. The molecule has 1 aliphatic heterocycles. The van der Waals surface area contributed by atoms with Crippen molar-refractivity contribution in [1.82, 2.24) is 5.32 Å². The summed E-state index contributed by atoms with van der Waals surface area (Å²) in [6, 6.07) is 15.0. The zero-order chi connectivity index (χ0) is 17.2. The summed E-state index contributed by atoms with van der Waals surface area (Å²) >= 11 is 5.95. The van der Waals surface area contributed by atoms with Crippen LogP contribution in [-0.4, -0.2) is 30.3 Å². The molecule has 126 valence electrons. The maximum atomic E-state index is 12.6. The molecule has 1 saturated heterocycles. The molecule has 1 heterocycles. The van der Waals surface area contributed by atoms with Crippen molar-refractivity contribution >= 4 is 17.5 Å². The SMILES string of the molecule is C[C@]1(c2cccc(-c3ccc(Cl)cc3)c2)OCC[C@@H](CO)NC1=O. The van der Waals surface area contributed by atoms with Gasteiger partial charge in [0.05, 0.1) is 19.3 Å². The highest BCUT2D eigenvalue weighted by Gasteiger charge is 2.39. The first-order valence-corrected chi connectivity index (χ1v) is 8.33. The number of aliphatic hydroxyl groups excluding tert-OH is 1. The summed E-state index contributed by atoms with van der Waals surface area (Å²) in [6.45, 7) is 2.09. The van der Waals surface area contributed by atoms with Crippen molar-refractivity contribution in [3.05, 3.63) is 59.1 Å². The van der Waals surface area contributed by atoms with Crippen molar-refractivity contribution in [3.8, 4) is 11.1 Å². The largest absolute Gasteiger partial charge is 0.394 e. The van der Waals surface area contributed by atoms with Gasteiger partial charge in [-0.15, -0.1) is 0 Å². The molecule has 2 aromatic rings. The summed E-state index contributed by atoms with van der Waals surface area (Å²) in [7, 11) is 0. The molecular formula is C19H20ClNO3. The second-order valence-electron chi connectivity index (χ2n) is 6.11. The molecule has 0 radical (unpaired) electrons. The maximum Gasteiger partial charge on any atom is 0.256 e. The number of benzene rings is 2. The van der Waals surface area contributed by atoms with Gasteiger partial charge in [-0.25, -0.2) is 0 Å². The van der Waals surface area contributed by atoms with E-state index >= 15 is 0 Å². The zero-order valence-corrected chi connectivity index (χ0v) is 14.2. The number of nitrogens with one attached hydrogen (secondary N) is 1. The van der Waals surface area contributed by atoms with Crippen LogP contribution in [-0.2, 0) is 15.1 Å². The van der Waals surface area contributed by atoms with Gasteiger partial charge in [-0.1, -0.05) is 41.9 Å². The highest BCUT2D eigenvalue weighted by Crippen LogP contribution is 2.31. The molecule has 1 amide bonds. The lowest BCUT2D eigenvalue weighted by Crippen LogP contribution is -2.46. The van der Waals surface area contributed by atoms with Gasteiger partial charge < -0.3 is 15.2 Å². The van der Waals surface area contributed by atoms with E-state index in [-0.39, 0.29) is 18.6 Å². The molecule has 24 heavy (non-hydrogen) atoms. The third kappa shape index (κ3) is 3.31. The average Bonchev–Trinajstić information content (AvgIpc) is 2.75. The molecule has 0 bridgehead atoms. The van der Waals surface area contributed by atoms with Crippen LogP contribution in [0.3, 0.4) is 0 Å². The molecule has 2 aromatic carbocycles. The minimum absolute atomic E-state index is 0.0873. The van der Waals surface area contributed by atoms with Gasteiger partial charge in [-0.05, 0) is 48.2 Å². The maximum absolute atomic E-state index is 12.6. The number of hydrogen-bond acceptors (Lipinski definition) is 3. The Morgan fingerprint density at radius 2 is 2.00 bits per heavy atom. The minimum atomic E-state index is -1.08. The van der Waals surface area contributed by atoms with Crippen molar-refractivity contribution in [1.29, 1.82) is 0 Å². The highest BCUT2D eigenvalue weighted by molar-refractivity contribution is 6.30. The van der Waals surface area contributed by atoms with Crippen LogP contribution >= 0.6 is 11.6 Å². The lowest BCUT2D eigenvalue weighted by Gasteiger charge is -2.27. The Morgan fingerprint density at radius 3 is 2.71 bits per heavy atom. The minimum Gasteiger partial charge on any atom is -0.394 e. The summed E-state index contributed by atoms with van der Waals surface area (Å²) in [5.41, 5.74) is 1.72. The number of rotatable bonds is 3. The molecular weight excluding hydrogens is 326 g/mol. The van der Waals surface area contributed by atoms with Crippen molar-refractivity contribution in [2.45, 2.75) is 25.0 Å². The lowest BCUT2D eigenvalue weighted by atomic mass is 9.91. The fourth-order valence-corrected chi connectivity index (χ4v) is 2.98. The number of carbonyl (C=O) groups excluding carboxylic acids is 1. The van der Waals surface area contributed by atoms with Gasteiger partial charge in [0.1, 0.15) is 0 Å². The Labute approximate surface area is 146 Å². The fraction of sp³-hybridized carbons (Fsp3) is 0.316. The predicted molar refractivity (Wildman–Crippen MR) is 93.8 cm³/mol. The summed E-state index contributed by atoms with van der Waals surface area (Å²) < 4.78 is 5.89. The van der Waals surface area contributed by atoms with Gasteiger partial charge in [-0.3, -0.25) is 4.79 Å². The Morgan fingerprint density at radius 1 is 1.25 bits per heavy atom. The summed E-state index contributed by atoms with van der Waals surface area (Å²) in [4.78, 5) is 12.6. The van der Waals surface area contributed by atoms with Crippen molar-refractivity contribution in [2.75, 3.05) is 13.2 Å². The van der Waals surface area contributed by atoms with E-state index in [1.807, 2.05) is 48.5 Å². The van der Waals surface area contributed by atoms with Crippen LogP contribution in [0, 0.1) is 0 Å². The van der Waals surface area contributed by atoms with Crippen LogP contribution in [0.2, 0.25) is 5.02 Å². The Balaban J connectivity index is 1.95. The van der Waals surface area contributed by atoms with Gasteiger partial charge >= 0.3 is 0 Å². The molecule has 1 aliphatic rings. The number of carbonyl (C=O) groups is 1. The molecule has 0 aromatic heterocycles. The number of halogens is 1. The first-order valence-electron chi connectivity index (χ1n) is 7.95. The number of hydrogen-bond donors (Lipinski definition) is 2. The summed E-state index contributed by atoms with van der Waals surface area (Å²) in [5.74, 6) is -0.229. The molecule has 0 aliphatic carbocycles. The van der Waals surface area contributed by atoms with Crippen LogP contribution in [0.4, 0.5) is 0 Å². The predicted octanol–water partition coefficient (Wildman–Crippen LogP) is 3.12. The first kappa shape index (κ1) is 17.0. The van der Waals surface area contributed by atoms with Crippen LogP contribution in [0.25, 0.3) is 11.1 Å². The van der Waals surface area contributed by atoms with Crippen molar-refractivity contribution < 1.29 is 14.6 Å². The quantitative estimate of drug-likeness (QED) is 0.898. The highest BCUT2D eigenvalue weighted by atomic mass is 35.5. The van der Waals surface area contributed by atoms with E-state index in [4.69, 9.17) is 16.3 Å². The summed E-state index contributed by atoms with van der Waals surface area (Å²) in [5, 5.41) is 12.8. The standard InChI is InChI=1S/C19H20ClNO3/c1-19(18(23)21-17(12-22)9-10-24-19)15-4-2-3-14(11-15)13-5-7-16(20)8-6-13/h2-8,11,17,22H,9-10,12H2,1H3,(H,21,23)/t17-,19+/m0/s1. The molecule has 0 spiro atoms. The van der Waals surface area contributed by atoms with Crippen molar-refractivity contribution in [3.63, 3.8) is 0 Å². The normalized spacial score (nSPS) is 24.3. The van der Waals surface area contributed by atoms with E-state index in [0.717, 1.165) is 16.7 Å². The van der Waals surface area contributed by atoms with Gasteiger partial charge in [0.15, 0.2) is 5.60 Å². The van der Waals surface area contributed by atoms with E-state index in [1.54, 1.807) is 6.92 Å². The average molecular weight is 346 g/mol. The number of aliphatic hydroxyl groups is 1. The molecule has 5 heteroatoms. The molecule has 0 saturated carbocycles. The lowest BCUT2D eigenvalue weighted by molar-refractivity contribution is -0.143. The van der Waals surface area contributed by atoms with Crippen LogP contribution in [0.15, 0.2) is 48.5 Å². The monoisotopic (exact) mass is 345 g/mol. The third-order valence-corrected chi connectivity index (χ3v) is 4.69. The van der Waals surface area contributed by atoms with E-state index in [9.17, 15) is 9.90 Å². The molecule has 3 rings (SSSR count). The van der Waals surface area contributed by atoms with Crippen LogP contribution in [0.5, 0.6) is 0 Å². The Hall–Kier alpha value is -1.88. The molecule has 2 atom stereocenters. The Bertz CT molecular complexity index is 732. The second kappa shape index (κ2) is 6.93. The van der Waals surface area contributed by atoms with Gasteiger partial charge in [0.25, 0.3) is 5.91 Å². The topological polar surface area (TPSA) is 58.6 Å². The smallest absolute Gasteiger partial charge is 0.256 e. The van der Waals surface area contributed by atoms with Crippen LogP contribution in [0.1, 0.15) is 18.9 Å². The van der Waals surface area contributed by atoms with E-state index in [2.05, 4.69) is 5.32 Å². The number of amides is 1. The van der Waals surface area contributed by atoms with E-state index in [1.165, 1.54) is 0 Å².